The molecule has 0 bridgehead atoms. The smallest absolute Gasteiger partial charge is 0.146 e. The van der Waals surface area contributed by atoms with Crippen molar-refractivity contribution in [3.05, 3.63) is 47.8 Å². The number of benzene rings is 1. The third kappa shape index (κ3) is 4.05. The molecule has 5 nitrogen and oxygen atoms in total. The molecule has 0 amide bonds. The third-order valence-electron chi connectivity index (χ3n) is 3.99. The second kappa shape index (κ2) is 7.05. The molecule has 0 fully saturated rings. The van der Waals surface area contributed by atoms with Crippen molar-refractivity contribution in [2.45, 2.75) is 46.0 Å². The number of hydrogen-bond donors (Lipinski definition) is 1. The Morgan fingerprint density at radius 3 is 2.20 bits per heavy atom. The van der Waals surface area contributed by atoms with Gasteiger partial charge < -0.3 is 9.90 Å². The van der Waals surface area contributed by atoms with Crippen molar-refractivity contribution in [3.63, 3.8) is 0 Å². The highest BCUT2D eigenvalue weighted by molar-refractivity contribution is 5.75. The zero-order valence-electron chi connectivity index (χ0n) is 15.3. The monoisotopic (exact) mass is 339 g/mol. The van der Waals surface area contributed by atoms with Crippen LogP contribution < -0.4 is 0 Å². The molecular weight excluding hydrogens is 314 g/mol. The Bertz CT molecular complexity index is 801. The number of rotatable bonds is 6. The summed E-state index contributed by atoms with van der Waals surface area (Å²) >= 11 is 0. The van der Waals surface area contributed by atoms with Gasteiger partial charge in [0.25, 0.3) is 0 Å². The van der Waals surface area contributed by atoms with E-state index in [9.17, 15) is 9.90 Å². The number of phenols is 1. The van der Waals surface area contributed by atoms with Gasteiger partial charge in [-0.15, -0.1) is 15.0 Å². The number of Topliss-reactive ketones (excluding diaryl/α,β-unsaturated/α-hetero) is 1. The van der Waals surface area contributed by atoms with Gasteiger partial charge >= 0.3 is 0 Å². The molecule has 0 spiro atoms. The van der Waals surface area contributed by atoms with Gasteiger partial charge in [-0.1, -0.05) is 40.0 Å². The van der Waals surface area contributed by atoms with Gasteiger partial charge in [0.1, 0.15) is 28.6 Å². The van der Waals surface area contributed by atoms with E-state index in [1.54, 1.807) is 19.1 Å². The molecule has 1 N–H and O–H groups in total. The zero-order valence-corrected chi connectivity index (χ0v) is 15.3. The second-order valence-electron chi connectivity index (χ2n) is 7.13. The highest BCUT2D eigenvalue weighted by Crippen LogP contribution is 2.36. The van der Waals surface area contributed by atoms with Crippen LogP contribution in [0.1, 0.15) is 56.6 Å². The Morgan fingerprint density at radius 1 is 1.20 bits per heavy atom. The SMILES string of the molecule is C=Cc1nn(-c2cc(CCC(C)=O)cc(C(C)(C)C)c2O)nc1C=C. The van der Waals surface area contributed by atoms with Gasteiger partial charge in [0.05, 0.1) is 0 Å². The lowest BCUT2D eigenvalue weighted by molar-refractivity contribution is -0.116. The predicted molar refractivity (Wildman–Crippen MR) is 101 cm³/mol. The lowest BCUT2D eigenvalue weighted by Gasteiger charge is -2.23. The van der Waals surface area contributed by atoms with E-state index >= 15 is 0 Å². The molecule has 1 heterocycles. The average Bonchev–Trinajstić information content (AvgIpc) is 2.95. The largest absolute Gasteiger partial charge is 0.505 e. The molecule has 0 unspecified atom stereocenters. The summed E-state index contributed by atoms with van der Waals surface area (Å²) in [5.74, 6) is 0.271. The molecule has 0 aliphatic carbocycles. The molecule has 25 heavy (non-hydrogen) atoms. The molecule has 0 aliphatic rings. The summed E-state index contributed by atoms with van der Waals surface area (Å²) in [7, 11) is 0. The zero-order chi connectivity index (χ0) is 18.8. The molecule has 0 saturated heterocycles. The Balaban J connectivity index is 2.64. The van der Waals surface area contributed by atoms with E-state index in [2.05, 4.69) is 23.4 Å². The van der Waals surface area contributed by atoms with E-state index in [0.717, 1.165) is 11.1 Å². The maximum absolute atomic E-state index is 11.3. The van der Waals surface area contributed by atoms with Crippen LogP contribution in [0.25, 0.3) is 17.8 Å². The molecule has 0 radical (unpaired) electrons. The van der Waals surface area contributed by atoms with E-state index in [4.69, 9.17) is 0 Å². The fraction of sp³-hybridized carbons (Fsp3) is 0.350. The summed E-state index contributed by atoms with van der Waals surface area (Å²) in [5.41, 5.74) is 3.18. The quantitative estimate of drug-likeness (QED) is 0.861. The molecule has 2 rings (SSSR count). The molecule has 132 valence electrons. The fourth-order valence-electron chi connectivity index (χ4n) is 2.59. The first-order chi connectivity index (χ1) is 11.7. The van der Waals surface area contributed by atoms with E-state index in [0.29, 0.717) is 29.9 Å². The Labute approximate surface area is 148 Å². The first-order valence-electron chi connectivity index (χ1n) is 8.25. The van der Waals surface area contributed by atoms with E-state index < -0.39 is 0 Å². The van der Waals surface area contributed by atoms with Crippen LogP contribution >= 0.6 is 0 Å². The molecular formula is C20H25N3O2. The minimum absolute atomic E-state index is 0.132. The first-order valence-corrected chi connectivity index (χ1v) is 8.25. The number of ketones is 1. The summed E-state index contributed by atoms with van der Waals surface area (Å²) in [4.78, 5) is 12.7. The summed E-state index contributed by atoms with van der Waals surface area (Å²) in [6, 6.07) is 3.78. The lowest BCUT2D eigenvalue weighted by Crippen LogP contribution is -2.14. The summed E-state index contributed by atoms with van der Waals surface area (Å²) in [6.45, 7) is 15.1. The minimum atomic E-state index is -0.263. The van der Waals surface area contributed by atoms with Gasteiger partial charge in [0.2, 0.25) is 0 Å². The van der Waals surface area contributed by atoms with Crippen LogP contribution in [-0.2, 0) is 16.6 Å². The molecule has 1 aromatic carbocycles. The normalized spacial score (nSPS) is 11.4. The van der Waals surface area contributed by atoms with Crippen molar-refractivity contribution in [1.29, 1.82) is 0 Å². The molecule has 5 heteroatoms. The highest BCUT2D eigenvalue weighted by atomic mass is 16.3. The number of nitrogens with zero attached hydrogens (tertiary/aromatic N) is 3. The number of aromatic hydroxyl groups is 1. The van der Waals surface area contributed by atoms with Gasteiger partial charge in [0, 0.05) is 12.0 Å². The third-order valence-corrected chi connectivity index (χ3v) is 3.99. The standard InChI is InChI=1S/C20H25N3O2/c1-7-16-17(8-2)22-23(21-16)18-12-14(10-9-13(3)24)11-15(19(18)25)20(4,5)6/h7-8,11-12,25H,1-2,9-10H2,3-6H3. The number of hydrogen-bond acceptors (Lipinski definition) is 4. The topological polar surface area (TPSA) is 68.0 Å². The number of aryl methyl sites for hydroxylation is 1. The van der Waals surface area contributed by atoms with Gasteiger partial charge in [0.15, 0.2) is 0 Å². The Kier molecular flexibility index (Phi) is 5.26. The Hall–Kier alpha value is -2.69. The molecule has 1 aromatic heterocycles. The maximum Gasteiger partial charge on any atom is 0.146 e. The van der Waals surface area contributed by atoms with Crippen LogP contribution in [0.15, 0.2) is 25.3 Å². The van der Waals surface area contributed by atoms with Crippen molar-refractivity contribution < 1.29 is 9.90 Å². The molecule has 0 aliphatic heterocycles. The number of aromatic nitrogens is 3. The maximum atomic E-state index is 11.3. The fourth-order valence-corrected chi connectivity index (χ4v) is 2.59. The number of phenolic OH excluding ortho intramolecular Hbond substituents is 1. The molecule has 0 atom stereocenters. The summed E-state index contributed by atoms with van der Waals surface area (Å²) in [5, 5.41) is 19.6. The van der Waals surface area contributed by atoms with Gasteiger partial charge in [-0.3, -0.25) is 0 Å². The summed E-state index contributed by atoms with van der Waals surface area (Å²) < 4.78 is 0. The van der Waals surface area contributed by atoms with Crippen LogP contribution in [0.5, 0.6) is 5.75 Å². The van der Waals surface area contributed by atoms with Crippen LogP contribution in [-0.4, -0.2) is 25.9 Å². The van der Waals surface area contributed by atoms with Crippen molar-refractivity contribution in [2.75, 3.05) is 0 Å². The van der Waals surface area contributed by atoms with Gasteiger partial charge in [-0.2, -0.15) is 0 Å². The van der Waals surface area contributed by atoms with Crippen molar-refractivity contribution >= 4 is 17.9 Å². The molecule has 0 saturated carbocycles. The Morgan fingerprint density at radius 2 is 1.76 bits per heavy atom. The van der Waals surface area contributed by atoms with Crippen LogP contribution in [0.2, 0.25) is 0 Å². The van der Waals surface area contributed by atoms with Gasteiger partial charge in [-0.25, -0.2) is 0 Å². The van der Waals surface area contributed by atoms with Crippen molar-refractivity contribution in [2.24, 2.45) is 0 Å². The van der Waals surface area contributed by atoms with E-state index in [1.807, 2.05) is 32.9 Å². The molecule has 2 aromatic rings. The van der Waals surface area contributed by atoms with Crippen molar-refractivity contribution in [1.82, 2.24) is 15.0 Å². The van der Waals surface area contributed by atoms with Gasteiger partial charge in [-0.05, 0) is 42.5 Å². The number of carbonyl (C=O) groups is 1. The first kappa shape index (κ1) is 18.6. The van der Waals surface area contributed by atoms with Crippen LogP contribution in [0.3, 0.4) is 0 Å². The van der Waals surface area contributed by atoms with Crippen LogP contribution in [0.4, 0.5) is 0 Å². The average molecular weight is 339 g/mol. The predicted octanol–water partition coefficient (Wildman–Crippen LogP) is 4.08. The van der Waals surface area contributed by atoms with E-state index in [1.165, 1.54) is 4.80 Å². The highest BCUT2D eigenvalue weighted by Gasteiger charge is 2.23. The minimum Gasteiger partial charge on any atom is -0.505 e. The second-order valence-corrected chi connectivity index (χ2v) is 7.13. The number of carbonyl (C=O) groups excluding carboxylic acids is 1. The van der Waals surface area contributed by atoms with Crippen molar-refractivity contribution in [3.8, 4) is 11.4 Å². The van der Waals surface area contributed by atoms with E-state index in [-0.39, 0.29) is 16.9 Å². The summed E-state index contributed by atoms with van der Waals surface area (Å²) in [6.07, 6.45) is 4.26. The lowest BCUT2D eigenvalue weighted by atomic mass is 9.84. The van der Waals surface area contributed by atoms with Crippen LogP contribution in [0, 0.1) is 0 Å².